The molecule has 0 aromatic heterocycles. The lowest BCUT2D eigenvalue weighted by Crippen LogP contribution is -2.30. The summed E-state index contributed by atoms with van der Waals surface area (Å²) in [4.78, 5) is 2.28. The second-order valence-corrected chi connectivity index (χ2v) is 5.94. The van der Waals surface area contributed by atoms with Gasteiger partial charge in [-0.2, -0.15) is 0 Å². The molecule has 3 unspecified atom stereocenters. The van der Waals surface area contributed by atoms with Gasteiger partial charge < -0.3 is 15.5 Å². The van der Waals surface area contributed by atoms with Gasteiger partial charge in [0, 0.05) is 6.04 Å². The largest absolute Gasteiger partial charge is 0.316 e. The third kappa shape index (κ3) is 6.39. The molecule has 3 atom stereocenters. The molecule has 0 bridgehead atoms. The first-order valence-electron chi connectivity index (χ1n) is 7.20. The van der Waals surface area contributed by atoms with E-state index in [2.05, 4.69) is 43.5 Å². The fraction of sp³-hybridized carbons (Fsp3) is 1.00. The number of rotatable bonds is 8. The highest BCUT2D eigenvalue weighted by Crippen LogP contribution is 2.13. The van der Waals surface area contributed by atoms with Gasteiger partial charge in [-0.25, -0.2) is 0 Å². The molecule has 0 saturated carbocycles. The molecule has 0 spiro atoms. The second-order valence-electron chi connectivity index (χ2n) is 5.94. The van der Waals surface area contributed by atoms with Gasteiger partial charge in [-0.15, -0.1) is 0 Å². The van der Waals surface area contributed by atoms with Crippen molar-refractivity contribution in [3.05, 3.63) is 0 Å². The Balaban J connectivity index is 2.06. The van der Waals surface area contributed by atoms with Crippen molar-refractivity contribution >= 4 is 0 Å². The van der Waals surface area contributed by atoms with Crippen molar-refractivity contribution in [1.29, 1.82) is 0 Å². The molecule has 3 heteroatoms. The Morgan fingerprint density at radius 2 is 2.18 bits per heavy atom. The fourth-order valence-corrected chi connectivity index (χ4v) is 2.57. The Bertz CT molecular complexity index is 194. The first-order valence-corrected chi connectivity index (χ1v) is 7.20. The van der Waals surface area contributed by atoms with Gasteiger partial charge in [-0.1, -0.05) is 13.3 Å². The van der Waals surface area contributed by atoms with E-state index in [1.807, 2.05) is 0 Å². The average molecular weight is 241 g/mol. The highest BCUT2D eigenvalue weighted by molar-refractivity contribution is 4.79. The highest BCUT2D eigenvalue weighted by Gasteiger charge is 2.20. The molecule has 1 fully saturated rings. The molecule has 0 radical (unpaired) electrons. The van der Waals surface area contributed by atoms with Crippen LogP contribution < -0.4 is 10.6 Å². The van der Waals surface area contributed by atoms with Crippen molar-refractivity contribution in [2.45, 2.75) is 39.2 Å². The lowest BCUT2D eigenvalue weighted by Gasteiger charge is -2.19. The molecule has 1 heterocycles. The quantitative estimate of drug-likeness (QED) is 0.675. The topological polar surface area (TPSA) is 27.3 Å². The predicted octanol–water partition coefficient (Wildman–Crippen LogP) is 1.55. The van der Waals surface area contributed by atoms with Gasteiger partial charge in [0.2, 0.25) is 0 Å². The zero-order valence-electron chi connectivity index (χ0n) is 12.1. The second kappa shape index (κ2) is 8.06. The van der Waals surface area contributed by atoms with Gasteiger partial charge in [-0.05, 0) is 71.9 Å². The molecule has 1 aliphatic rings. The number of nitrogens with zero attached hydrogens (tertiary/aromatic N) is 1. The van der Waals surface area contributed by atoms with Crippen LogP contribution >= 0.6 is 0 Å². The summed E-state index contributed by atoms with van der Waals surface area (Å²) < 4.78 is 0. The number of hydrogen-bond donors (Lipinski definition) is 2. The molecule has 102 valence electrons. The van der Waals surface area contributed by atoms with Gasteiger partial charge in [0.1, 0.15) is 0 Å². The van der Waals surface area contributed by atoms with Gasteiger partial charge in [0.15, 0.2) is 0 Å². The number of hydrogen-bond acceptors (Lipinski definition) is 3. The molecule has 0 aromatic carbocycles. The summed E-state index contributed by atoms with van der Waals surface area (Å²) >= 11 is 0. The Morgan fingerprint density at radius 1 is 1.41 bits per heavy atom. The lowest BCUT2D eigenvalue weighted by atomic mass is 10.0. The lowest BCUT2D eigenvalue weighted by molar-refractivity contribution is 0.331. The number of nitrogens with one attached hydrogen (secondary N) is 2. The molecule has 1 saturated heterocycles. The Hall–Kier alpha value is -0.120. The summed E-state index contributed by atoms with van der Waals surface area (Å²) in [6.45, 7) is 9.38. The van der Waals surface area contributed by atoms with Crippen LogP contribution in [0.1, 0.15) is 33.1 Å². The van der Waals surface area contributed by atoms with Gasteiger partial charge in [0.25, 0.3) is 0 Å². The van der Waals surface area contributed by atoms with Crippen LogP contribution in [0.2, 0.25) is 0 Å². The van der Waals surface area contributed by atoms with Crippen molar-refractivity contribution in [1.82, 2.24) is 15.5 Å². The van der Waals surface area contributed by atoms with E-state index in [-0.39, 0.29) is 0 Å². The maximum atomic E-state index is 3.66. The normalized spacial score (nSPS) is 26.6. The van der Waals surface area contributed by atoms with Crippen LogP contribution in [0.4, 0.5) is 0 Å². The van der Waals surface area contributed by atoms with Crippen molar-refractivity contribution in [3.63, 3.8) is 0 Å². The Kier molecular flexibility index (Phi) is 7.09. The molecule has 0 amide bonds. The van der Waals surface area contributed by atoms with Gasteiger partial charge >= 0.3 is 0 Å². The van der Waals surface area contributed by atoms with Crippen LogP contribution in [0.25, 0.3) is 0 Å². The van der Waals surface area contributed by atoms with E-state index < -0.39 is 0 Å². The van der Waals surface area contributed by atoms with Crippen LogP contribution in [0.5, 0.6) is 0 Å². The van der Waals surface area contributed by atoms with E-state index in [0.717, 1.165) is 17.9 Å². The Morgan fingerprint density at radius 3 is 2.71 bits per heavy atom. The molecule has 0 aromatic rings. The summed E-state index contributed by atoms with van der Waals surface area (Å²) in [5.41, 5.74) is 0. The van der Waals surface area contributed by atoms with Crippen molar-refractivity contribution in [2.75, 3.05) is 40.3 Å². The van der Waals surface area contributed by atoms with E-state index in [1.165, 1.54) is 45.4 Å². The van der Waals surface area contributed by atoms with Crippen LogP contribution in [0.15, 0.2) is 0 Å². The van der Waals surface area contributed by atoms with Gasteiger partial charge in [0.05, 0.1) is 0 Å². The zero-order valence-corrected chi connectivity index (χ0v) is 12.1. The molecule has 0 aliphatic carbocycles. The smallest absolute Gasteiger partial charge is 0.00424 e. The van der Waals surface area contributed by atoms with E-state index in [1.54, 1.807) is 0 Å². The summed E-state index contributed by atoms with van der Waals surface area (Å²) in [5.74, 6) is 1.68. The minimum absolute atomic E-state index is 0.720. The molecular weight excluding hydrogens is 210 g/mol. The van der Waals surface area contributed by atoms with E-state index in [0.29, 0.717) is 0 Å². The predicted molar refractivity (Wildman–Crippen MR) is 75.4 cm³/mol. The van der Waals surface area contributed by atoms with Gasteiger partial charge in [-0.3, -0.25) is 0 Å². The van der Waals surface area contributed by atoms with E-state index in [4.69, 9.17) is 0 Å². The zero-order chi connectivity index (χ0) is 12.7. The highest BCUT2D eigenvalue weighted by atomic mass is 15.0. The molecule has 3 nitrogen and oxygen atoms in total. The molecule has 2 N–H and O–H groups in total. The summed E-state index contributed by atoms with van der Waals surface area (Å²) in [6.07, 6.45) is 3.94. The molecular formula is C14H31N3. The SMILES string of the molecule is CCC(CCN(C)C)CNCC1CNC(C)C1. The molecule has 1 aliphatic heterocycles. The third-order valence-corrected chi connectivity index (χ3v) is 3.87. The maximum Gasteiger partial charge on any atom is 0.00424 e. The van der Waals surface area contributed by atoms with Crippen molar-refractivity contribution < 1.29 is 0 Å². The van der Waals surface area contributed by atoms with Crippen molar-refractivity contribution in [3.8, 4) is 0 Å². The first kappa shape index (κ1) is 14.9. The standard InChI is InChI=1S/C14H31N3/c1-5-13(6-7-17(3)4)9-15-10-14-8-12(2)16-11-14/h12-16H,5-11H2,1-4H3. The molecule has 17 heavy (non-hydrogen) atoms. The average Bonchev–Trinajstić information content (AvgIpc) is 2.69. The first-order chi connectivity index (χ1) is 8.11. The summed E-state index contributed by atoms with van der Waals surface area (Å²) in [7, 11) is 4.32. The maximum absolute atomic E-state index is 3.66. The van der Waals surface area contributed by atoms with Crippen LogP contribution in [0.3, 0.4) is 0 Å². The summed E-state index contributed by atoms with van der Waals surface area (Å²) in [5, 5.41) is 7.18. The summed E-state index contributed by atoms with van der Waals surface area (Å²) in [6, 6.07) is 0.720. The molecule has 1 rings (SSSR count). The van der Waals surface area contributed by atoms with Crippen LogP contribution in [0, 0.1) is 11.8 Å². The van der Waals surface area contributed by atoms with E-state index in [9.17, 15) is 0 Å². The van der Waals surface area contributed by atoms with Crippen LogP contribution in [-0.2, 0) is 0 Å². The minimum atomic E-state index is 0.720. The van der Waals surface area contributed by atoms with Crippen LogP contribution in [-0.4, -0.2) is 51.2 Å². The monoisotopic (exact) mass is 241 g/mol. The van der Waals surface area contributed by atoms with E-state index >= 15 is 0 Å². The Labute approximate surface area is 107 Å². The van der Waals surface area contributed by atoms with Crippen molar-refractivity contribution in [2.24, 2.45) is 11.8 Å². The fourth-order valence-electron chi connectivity index (χ4n) is 2.57. The third-order valence-electron chi connectivity index (χ3n) is 3.87. The minimum Gasteiger partial charge on any atom is -0.316 e.